The Morgan fingerprint density at radius 3 is 2.55 bits per heavy atom. The van der Waals surface area contributed by atoms with Crippen molar-refractivity contribution in [2.75, 3.05) is 14.2 Å². The maximum atomic E-state index is 11.1. The summed E-state index contributed by atoms with van der Waals surface area (Å²) >= 11 is 5.87. The van der Waals surface area contributed by atoms with Gasteiger partial charge in [0.25, 0.3) is 0 Å². The van der Waals surface area contributed by atoms with Gasteiger partial charge < -0.3 is 14.6 Å². The van der Waals surface area contributed by atoms with Crippen LogP contribution in [-0.2, 0) is 0 Å². The third-order valence-electron chi connectivity index (χ3n) is 2.72. The van der Waals surface area contributed by atoms with Gasteiger partial charge in [-0.2, -0.15) is 0 Å². The lowest BCUT2D eigenvalue weighted by atomic mass is 10.1. The Labute approximate surface area is 120 Å². The van der Waals surface area contributed by atoms with Crippen LogP contribution in [-0.4, -0.2) is 30.3 Å². The molecule has 20 heavy (non-hydrogen) atoms. The highest BCUT2D eigenvalue weighted by molar-refractivity contribution is 6.29. The summed E-state index contributed by atoms with van der Waals surface area (Å²) in [7, 11) is 3.06. The van der Waals surface area contributed by atoms with Crippen LogP contribution in [0.25, 0.3) is 11.3 Å². The zero-order valence-corrected chi connectivity index (χ0v) is 11.6. The van der Waals surface area contributed by atoms with Gasteiger partial charge in [0.05, 0.1) is 25.5 Å². The Kier molecular flexibility index (Phi) is 4.10. The molecule has 0 unspecified atom stereocenters. The topological polar surface area (TPSA) is 68.7 Å². The summed E-state index contributed by atoms with van der Waals surface area (Å²) in [5.41, 5.74) is 1.08. The van der Waals surface area contributed by atoms with E-state index in [1.54, 1.807) is 25.3 Å². The second kappa shape index (κ2) is 5.79. The van der Waals surface area contributed by atoms with Gasteiger partial charge >= 0.3 is 5.97 Å². The van der Waals surface area contributed by atoms with E-state index >= 15 is 0 Å². The number of carboxylic acids is 1. The van der Waals surface area contributed by atoms with Crippen LogP contribution in [0.3, 0.4) is 0 Å². The lowest BCUT2D eigenvalue weighted by Gasteiger charge is -2.10. The number of ether oxygens (including phenoxy) is 2. The molecule has 0 radical (unpaired) electrons. The number of hydrogen-bond donors (Lipinski definition) is 1. The molecule has 0 aliphatic heterocycles. The number of halogens is 1. The van der Waals surface area contributed by atoms with Crippen LogP contribution in [0.2, 0.25) is 5.15 Å². The first-order valence-electron chi connectivity index (χ1n) is 5.68. The second-order valence-corrected chi connectivity index (χ2v) is 4.32. The van der Waals surface area contributed by atoms with Gasteiger partial charge in [-0.1, -0.05) is 11.6 Å². The van der Waals surface area contributed by atoms with Gasteiger partial charge in [-0.15, -0.1) is 0 Å². The van der Waals surface area contributed by atoms with Crippen LogP contribution in [0.4, 0.5) is 0 Å². The number of carbonyl (C=O) groups is 1. The lowest BCUT2D eigenvalue weighted by molar-refractivity contribution is 0.0697. The molecule has 0 bridgehead atoms. The number of hydrogen-bond acceptors (Lipinski definition) is 4. The van der Waals surface area contributed by atoms with Gasteiger partial charge in [-0.3, -0.25) is 0 Å². The van der Waals surface area contributed by atoms with Crippen molar-refractivity contribution in [3.05, 3.63) is 41.0 Å². The van der Waals surface area contributed by atoms with E-state index in [1.165, 1.54) is 19.2 Å². The summed E-state index contributed by atoms with van der Waals surface area (Å²) in [4.78, 5) is 15.2. The SMILES string of the molecule is COc1ccc(OC)c(-c2cc(C(=O)O)cc(Cl)n2)c1. The zero-order chi connectivity index (χ0) is 14.7. The summed E-state index contributed by atoms with van der Waals surface area (Å²) < 4.78 is 10.4. The maximum Gasteiger partial charge on any atom is 0.335 e. The molecule has 6 heteroatoms. The maximum absolute atomic E-state index is 11.1. The summed E-state index contributed by atoms with van der Waals surface area (Å²) in [6.45, 7) is 0. The molecular weight excluding hydrogens is 282 g/mol. The van der Waals surface area contributed by atoms with Crippen molar-refractivity contribution >= 4 is 17.6 Å². The Bertz CT molecular complexity index is 658. The molecule has 5 nitrogen and oxygen atoms in total. The Morgan fingerprint density at radius 1 is 1.20 bits per heavy atom. The van der Waals surface area contributed by atoms with E-state index in [2.05, 4.69) is 4.98 Å². The summed E-state index contributed by atoms with van der Waals surface area (Å²) in [6, 6.07) is 7.90. The molecule has 0 aliphatic carbocycles. The van der Waals surface area contributed by atoms with E-state index in [1.807, 2.05) is 0 Å². The molecule has 2 aromatic rings. The van der Waals surface area contributed by atoms with Crippen molar-refractivity contribution in [2.45, 2.75) is 0 Å². The van der Waals surface area contributed by atoms with Crippen LogP contribution in [0.1, 0.15) is 10.4 Å². The Morgan fingerprint density at radius 2 is 1.95 bits per heavy atom. The van der Waals surface area contributed by atoms with Crippen LogP contribution < -0.4 is 9.47 Å². The standard InChI is InChI=1S/C14H12ClNO4/c1-19-9-3-4-12(20-2)10(7-9)11-5-8(14(17)18)6-13(15)16-11/h3-7H,1-2H3,(H,17,18). The van der Waals surface area contributed by atoms with Crippen molar-refractivity contribution in [1.82, 2.24) is 4.98 Å². The van der Waals surface area contributed by atoms with E-state index in [0.29, 0.717) is 22.8 Å². The number of aromatic carboxylic acids is 1. The smallest absolute Gasteiger partial charge is 0.335 e. The fourth-order valence-electron chi connectivity index (χ4n) is 1.77. The third-order valence-corrected chi connectivity index (χ3v) is 2.92. The van der Waals surface area contributed by atoms with E-state index in [-0.39, 0.29) is 10.7 Å². The quantitative estimate of drug-likeness (QED) is 0.877. The first kappa shape index (κ1) is 14.1. The van der Waals surface area contributed by atoms with Gasteiger partial charge in [0.15, 0.2) is 0 Å². The van der Waals surface area contributed by atoms with E-state index in [4.69, 9.17) is 26.2 Å². The van der Waals surface area contributed by atoms with Crippen molar-refractivity contribution in [2.24, 2.45) is 0 Å². The summed E-state index contributed by atoms with van der Waals surface area (Å²) in [5.74, 6) is 0.0915. The number of carboxylic acid groups (broad SMARTS) is 1. The number of rotatable bonds is 4. The highest BCUT2D eigenvalue weighted by Crippen LogP contribution is 2.33. The normalized spacial score (nSPS) is 10.2. The third kappa shape index (κ3) is 2.83. The largest absolute Gasteiger partial charge is 0.497 e. The monoisotopic (exact) mass is 293 g/mol. The van der Waals surface area contributed by atoms with Crippen LogP contribution in [0, 0.1) is 0 Å². The number of aromatic nitrogens is 1. The van der Waals surface area contributed by atoms with Crippen molar-refractivity contribution < 1.29 is 19.4 Å². The van der Waals surface area contributed by atoms with Crippen LogP contribution in [0.15, 0.2) is 30.3 Å². The molecular formula is C14H12ClNO4. The van der Waals surface area contributed by atoms with E-state index in [0.717, 1.165) is 0 Å². The van der Waals surface area contributed by atoms with Gasteiger partial charge in [0.1, 0.15) is 16.7 Å². The zero-order valence-electron chi connectivity index (χ0n) is 10.9. The van der Waals surface area contributed by atoms with E-state index in [9.17, 15) is 4.79 Å². The summed E-state index contributed by atoms with van der Waals surface area (Å²) in [6.07, 6.45) is 0. The Balaban J connectivity index is 2.63. The Hall–Kier alpha value is -2.27. The molecule has 1 N–H and O–H groups in total. The van der Waals surface area contributed by atoms with Crippen molar-refractivity contribution in [3.8, 4) is 22.8 Å². The molecule has 0 amide bonds. The highest BCUT2D eigenvalue weighted by atomic mass is 35.5. The number of pyridine rings is 1. The predicted octanol–water partition coefficient (Wildman–Crippen LogP) is 3.12. The molecule has 1 aromatic heterocycles. The van der Waals surface area contributed by atoms with Gasteiger partial charge in [0, 0.05) is 5.56 Å². The van der Waals surface area contributed by atoms with Crippen molar-refractivity contribution in [3.63, 3.8) is 0 Å². The predicted molar refractivity (Wildman–Crippen MR) is 74.7 cm³/mol. The molecule has 0 atom stereocenters. The molecule has 104 valence electrons. The first-order valence-corrected chi connectivity index (χ1v) is 6.06. The number of methoxy groups -OCH3 is 2. The van der Waals surface area contributed by atoms with Gasteiger partial charge in [-0.05, 0) is 30.3 Å². The molecule has 0 fully saturated rings. The van der Waals surface area contributed by atoms with Gasteiger partial charge in [-0.25, -0.2) is 9.78 Å². The average Bonchev–Trinajstić information content (AvgIpc) is 2.45. The van der Waals surface area contributed by atoms with E-state index < -0.39 is 5.97 Å². The first-order chi connectivity index (χ1) is 9.55. The molecule has 0 saturated carbocycles. The highest BCUT2D eigenvalue weighted by Gasteiger charge is 2.13. The molecule has 0 spiro atoms. The fraction of sp³-hybridized carbons (Fsp3) is 0.143. The number of benzene rings is 1. The lowest BCUT2D eigenvalue weighted by Crippen LogP contribution is -1.99. The average molecular weight is 294 g/mol. The van der Waals surface area contributed by atoms with Crippen molar-refractivity contribution in [1.29, 1.82) is 0 Å². The van der Waals surface area contributed by atoms with Crippen LogP contribution >= 0.6 is 11.6 Å². The second-order valence-electron chi connectivity index (χ2n) is 3.94. The molecule has 0 saturated heterocycles. The molecule has 0 aliphatic rings. The molecule has 1 aromatic carbocycles. The van der Waals surface area contributed by atoms with Gasteiger partial charge in [0.2, 0.25) is 0 Å². The minimum atomic E-state index is -1.07. The van der Waals surface area contributed by atoms with Crippen LogP contribution in [0.5, 0.6) is 11.5 Å². The molecule has 1 heterocycles. The minimum Gasteiger partial charge on any atom is -0.497 e. The summed E-state index contributed by atoms with van der Waals surface area (Å²) in [5, 5.41) is 9.17. The minimum absolute atomic E-state index is 0.0601. The molecule has 2 rings (SSSR count). The number of nitrogens with zero attached hydrogens (tertiary/aromatic N) is 1. The fourth-order valence-corrected chi connectivity index (χ4v) is 1.98.